The first kappa shape index (κ1) is 50.4. The molecule has 380 valence electrons. The van der Waals surface area contributed by atoms with Crippen LogP contribution in [0.1, 0.15) is 123 Å². The van der Waals surface area contributed by atoms with Crippen LogP contribution in [-0.2, 0) is 13.1 Å². The average molecular weight is 1120 g/mol. The highest BCUT2D eigenvalue weighted by molar-refractivity contribution is 9.10. The van der Waals surface area contributed by atoms with Crippen LogP contribution in [0.2, 0.25) is 0 Å². The maximum absolute atomic E-state index is 13.2. The van der Waals surface area contributed by atoms with Gasteiger partial charge < -0.3 is 26.4 Å². The first-order chi connectivity index (χ1) is 34.6. The third-order valence-corrected chi connectivity index (χ3v) is 15.9. The molecule has 4 aromatic heterocycles. The van der Waals surface area contributed by atoms with Gasteiger partial charge in [0.15, 0.2) is 11.4 Å². The molecule has 4 aliphatic rings. The SMILES string of the molecule is CC(C)(O)Cn1nc(C(=O)NC2CC3(C2)CC(c2n[nH]c(=O)c4ccccc24)C3)c2ccc(Br)cc21.CC(C)(O)Cn1nc(C(=O)O)c2ccc(Br)cc21.NC1CC2(C1)CC(c1n[nH]c(=O)c3ccccc13)C2. The highest BCUT2D eigenvalue weighted by atomic mass is 79.9. The Bertz CT molecular complexity index is 3560. The van der Waals surface area contributed by atoms with Gasteiger partial charge in [0.2, 0.25) is 0 Å². The highest BCUT2D eigenvalue weighted by Gasteiger charge is 2.55. The van der Waals surface area contributed by atoms with E-state index in [0.717, 1.165) is 85.9 Å². The van der Waals surface area contributed by atoms with Crippen LogP contribution < -0.4 is 22.2 Å². The van der Waals surface area contributed by atoms with Gasteiger partial charge in [-0.25, -0.2) is 15.0 Å². The second-order valence-corrected chi connectivity index (χ2v) is 24.0. The summed E-state index contributed by atoms with van der Waals surface area (Å²) < 4.78 is 4.95. The fraction of sp³-hybridized carbons (Fsp3) is 0.407. The summed E-state index contributed by atoms with van der Waals surface area (Å²) in [6, 6.07) is 26.9. The summed E-state index contributed by atoms with van der Waals surface area (Å²) in [5.74, 6) is -0.449. The van der Waals surface area contributed by atoms with Gasteiger partial charge in [-0.3, -0.25) is 23.7 Å². The number of carbonyl (C=O) groups excluding carboxylic acids is 1. The van der Waals surface area contributed by atoms with E-state index in [1.807, 2.05) is 66.7 Å². The number of halogens is 2. The van der Waals surface area contributed by atoms with Crippen molar-refractivity contribution in [2.75, 3.05) is 0 Å². The monoisotopic (exact) mass is 1120 g/mol. The molecule has 1 amide bonds. The molecular formula is C54H58Br2N10O7. The zero-order valence-corrected chi connectivity index (χ0v) is 44.1. The van der Waals surface area contributed by atoms with Crippen molar-refractivity contribution in [3.63, 3.8) is 0 Å². The number of aromatic nitrogens is 8. The van der Waals surface area contributed by atoms with E-state index in [9.17, 15) is 29.4 Å². The van der Waals surface area contributed by atoms with Crippen LogP contribution in [0.15, 0.2) is 103 Å². The minimum Gasteiger partial charge on any atom is -0.476 e. The summed E-state index contributed by atoms with van der Waals surface area (Å²) in [6.07, 6.45) is 8.55. The highest BCUT2D eigenvalue weighted by Crippen LogP contribution is 2.63. The first-order valence-corrected chi connectivity index (χ1v) is 26.2. The molecule has 0 unspecified atom stereocenters. The van der Waals surface area contributed by atoms with Gasteiger partial charge in [0, 0.05) is 54.4 Å². The van der Waals surface area contributed by atoms with Crippen molar-refractivity contribution in [3.05, 3.63) is 137 Å². The Morgan fingerprint density at radius 3 is 1.48 bits per heavy atom. The van der Waals surface area contributed by atoms with E-state index in [0.29, 0.717) is 45.3 Å². The van der Waals surface area contributed by atoms with Gasteiger partial charge in [0.05, 0.1) is 57.5 Å². The van der Waals surface area contributed by atoms with Crippen LogP contribution in [0, 0.1) is 10.8 Å². The average Bonchev–Trinajstić information content (AvgIpc) is 3.81. The predicted octanol–water partition coefficient (Wildman–Crippen LogP) is 8.44. The van der Waals surface area contributed by atoms with E-state index < -0.39 is 17.2 Å². The molecule has 0 saturated heterocycles. The zero-order chi connectivity index (χ0) is 51.8. The minimum atomic E-state index is -1.07. The number of fused-ring (bicyclic) bond motifs is 4. The molecule has 4 aromatic carbocycles. The smallest absolute Gasteiger partial charge is 0.357 e. The second-order valence-electron chi connectivity index (χ2n) is 22.2. The van der Waals surface area contributed by atoms with Gasteiger partial charge in [-0.05, 0) is 138 Å². The predicted molar refractivity (Wildman–Crippen MR) is 286 cm³/mol. The van der Waals surface area contributed by atoms with Crippen LogP contribution in [0.25, 0.3) is 43.4 Å². The Hall–Kier alpha value is -6.12. The van der Waals surface area contributed by atoms with E-state index in [1.165, 1.54) is 17.5 Å². The molecule has 12 rings (SSSR count). The molecule has 73 heavy (non-hydrogen) atoms. The molecule has 17 nitrogen and oxygen atoms in total. The van der Waals surface area contributed by atoms with Crippen LogP contribution in [0.3, 0.4) is 0 Å². The molecule has 8 aromatic rings. The Kier molecular flexibility index (Phi) is 13.1. The van der Waals surface area contributed by atoms with Crippen molar-refractivity contribution in [3.8, 4) is 0 Å². The quantitative estimate of drug-likeness (QED) is 0.0719. The van der Waals surface area contributed by atoms with Crippen LogP contribution in [-0.4, -0.2) is 90.4 Å². The number of aromatic amines is 2. The number of rotatable bonds is 9. The van der Waals surface area contributed by atoms with Crippen molar-refractivity contribution in [2.24, 2.45) is 16.6 Å². The lowest BCUT2D eigenvalue weighted by Crippen LogP contribution is -2.55. The van der Waals surface area contributed by atoms with Crippen molar-refractivity contribution < 1.29 is 24.9 Å². The number of carbonyl (C=O) groups is 2. The number of carboxylic acid groups (broad SMARTS) is 1. The molecule has 0 bridgehead atoms. The van der Waals surface area contributed by atoms with Crippen LogP contribution >= 0.6 is 31.9 Å². The standard InChI is InChI=1S/C27H28BrN5O3.C15H17N3O.C12H13BrN2O3/c1-26(2,36)14-33-21-9-16(28)7-8-20(21)23(32-33)25(35)29-17-12-27(13-17)10-15(11-27)22-18-5-3-4-6-19(18)24(34)31-30-22;16-10-7-15(8-10)5-9(6-15)13-11-3-1-2-4-12(11)14(19)18-17-13;1-12(2,18)6-15-9-5-7(13)3-4-8(9)10(14-15)11(16)17/h3-9,15,17,36H,10-14H2,1-2H3,(H,29,35)(H,31,34);1-4,9-10H,5-8,16H2,(H,18,19);3-5,18H,6H2,1-2H3,(H,16,17). The molecule has 8 N–H and O–H groups in total. The number of amides is 1. The minimum absolute atomic E-state index is 0.00162. The van der Waals surface area contributed by atoms with Gasteiger partial charge >= 0.3 is 5.97 Å². The van der Waals surface area contributed by atoms with Crippen molar-refractivity contribution in [2.45, 2.75) is 127 Å². The van der Waals surface area contributed by atoms with Crippen LogP contribution in [0.5, 0.6) is 0 Å². The molecule has 4 saturated carbocycles. The van der Waals surface area contributed by atoms with E-state index >= 15 is 0 Å². The number of nitrogens with one attached hydrogen (secondary N) is 3. The summed E-state index contributed by atoms with van der Waals surface area (Å²) >= 11 is 6.83. The number of nitrogens with zero attached hydrogens (tertiary/aromatic N) is 6. The van der Waals surface area contributed by atoms with Crippen molar-refractivity contribution in [1.82, 2.24) is 45.3 Å². The molecule has 0 aliphatic heterocycles. The van der Waals surface area contributed by atoms with E-state index in [2.05, 4.69) is 67.8 Å². The molecule has 4 heterocycles. The lowest BCUT2D eigenvalue weighted by molar-refractivity contribution is -0.0197. The lowest BCUT2D eigenvalue weighted by Gasteiger charge is -2.57. The molecule has 19 heteroatoms. The Balaban J connectivity index is 0.000000139. The van der Waals surface area contributed by atoms with Crippen LogP contribution in [0.4, 0.5) is 0 Å². The van der Waals surface area contributed by atoms with Gasteiger partial charge in [-0.1, -0.05) is 68.3 Å². The van der Waals surface area contributed by atoms with Gasteiger partial charge in [-0.2, -0.15) is 20.4 Å². The molecular weight excluding hydrogens is 1060 g/mol. The number of aliphatic hydroxyl groups is 2. The number of carboxylic acids is 1. The molecule has 4 fully saturated rings. The van der Waals surface area contributed by atoms with Gasteiger partial charge in [0.1, 0.15) is 0 Å². The fourth-order valence-corrected chi connectivity index (χ4v) is 12.6. The Morgan fingerprint density at radius 1 is 0.644 bits per heavy atom. The third kappa shape index (κ3) is 10.3. The Morgan fingerprint density at radius 2 is 1.05 bits per heavy atom. The van der Waals surface area contributed by atoms with E-state index in [1.54, 1.807) is 50.6 Å². The maximum Gasteiger partial charge on any atom is 0.357 e. The number of aromatic carboxylic acids is 1. The second kappa shape index (κ2) is 19.0. The topological polar surface area (TPSA) is 260 Å². The molecule has 0 radical (unpaired) electrons. The molecule has 2 spiro atoms. The number of hydrogen-bond donors (Lipinski definition) is 7. The number of H-pyrrole nitrogens is 2. The number of nitrogens with two attached hydrogens (primary N) is 1. The van der Waals surface area contributed by atoms with Gasteiger partial charge in [-0.15, -0.1) is 0 Å². The summed E-state index contributed by atoms with van der Waals surface area (Å²) in [4.78, 5) is 48.2. The summed E-state index contributed by atoms with van der Waals surface area (Å²) in [6.45, 7) is 7.27. The third-order valence-electron chi connectivity index (χ3n) is 14.9. The summed E-state index contributed by atoms with van der Waals surface area (Å²) in [5.41, 5.74) is 8.36. The zero-order valence-electron chi connectivity index (χ0n) is 41.0. The van der Waals surface area contributed by atoms with Crippen molar-refractivity contribution >= 4 is 87.1 Å². The number of hydrogen-bond acceptors (Lipinski definition) is 11. The Labute approximate surface area is 436 Å². The fourth-order valence-electron chi connectivity index (χ4n) is 11.9. The lowest BCUT2D eigenvalue weighted by atomic mass is 9.49. The summed E-state index contributed by atoms with van der Waals surface area (Å²) in [5, 5.41) is 59.7. The maximum atomic E-state index is 13.2. The van der Waals surface area contributed by atoms with Gasteiger partial charge in [0.25, 0.3) is 17.0 Å². The first-order valence-electron chi connectivity index (χ1n) is 24.6. The van der Waals surface area contributed by atoms with Crippen molar-refractivity contribution in [1.29, 1.82) is 0 Å². The molecule has 4 aliphatic carbocycles. The summed E-state index contributed by atoms with van der Waals surface area (Å²) in [7, 11) is 0. The van der Waals surface area contributed by atoms with E-state index in [-0.39, 0.29) is 47.3 Å². The normalized spacial score (nSPS) is 23.2. The molecule has 0 atom stereocenters. The van der Waals surface area contributed by atoms with E-state index in [4.69, 9.17) is 10.8 Å². The largest absolute Gasteiger partial charge is 0.476 e. The number of benzene rings is 4.